The molecule has 0 fully saturated rings. The molecule has 5 heteroatoms. The van der Waals surface area contributed by atoms with E-state index < -0.39 is 0 Å². The number of hydrogen-bond acceptors (Lipinski definition) is 1. The maximum absolute atomic E-state index is 9.12. The van der Waals surface area contributed by atoms with Gasteiger partial charge in [-0.25, -0.2) is 0 Å². The van der Waals surface area contributed by atoms with Gasteiger partial charge in [0.15, 0.2) is 0 Å². The van der Waals surface area contributed by atoms with Gasteiger partial charge in [-0.1, -0.05) is 0 Å². The van der Waals surface area contributed by atoms with E-state index >= 15 is 0 Å². The standard InChI is InChI=1S/Ag.F2O.Nb/c;1-3-2;. The summed E-state index contributed by atoms with van der Waals surface area (Å²) < 4.78 is 18.2. The van der Waals surface area contributed by atoms with Gasteiger partial charge in [-0.05, 0) is 9.05 Å². The molecule has 0 amide bonds. The second-order valence-electron chi connectivity index (χ2n) is 0.0583. The Bertz CT molecular complexity index is 9.61. The SMILES string of the molecule is FOF.[Ag].[Nb]. The van der Waals surface area contributed by atoms with Crippen LogP contribution < -0.4 is 0 Å². The van der Waals surface area contributed by atoms with E-state index in [1.807, 2.05) is 0 Å². The van der Waals surface area contributed by atoms with Crippen LogP contribution in [-0.2, 0) is 49.9 Å². The molecule has 0 aromatic carbocycles. The van der Waals surface area contributed by atoms with Gasteiger partial charge >= 0.3 is 0 Å². The molecule has 0 aromatic heterocycles. The molecule has 0 bridgehead atoms. The molecule has 0 unspecified atom stereocenters. The minimum absolute atomic E-state index is 0. The average Bonchev–Trinajstić information content (AvgIpc) is 0.918. The molecule has 0 atom stereocenters. The van der Waals surface area contributed by atoms with Crippen molar-refractivity contribution < 1.29 is 59.0 Å². The fourth-order valence-corrected chi connectivity index (χ4v) is 0. The second-order valence-corrected chi connectivity index (χ2v) is 0.0583. The van der Waals surface area contributed by atoms with Gasteiger partial charge in [0, 0.05) is 49.9 Å². The van der Waals surface area contributed by atoms with Crippen molar-refractivity contribution in [3.05, 3.63) is 0 Å². The number of rotatable bonds is 0. The van der Waals surface area contributed by atoms with Crippen molar-refractivity contribution in [2.45, 2.75) is 0 Å². The molecule has 1 nitrogen and oxygen atoms in total. The van der Waals surface area contributed by atoms with E-state index in [2.05, 4.69) is 0 Å². The van der Waals surface area contributed by atoms with E-state index in [0.717, 1.165) is 0 Å². The molecule has 0 aliphatic heterocycles. The first-order chi connectivity index (χ1) is 1.41. The monoisotopic (exact) mass is 254 g/mol. The van der Waals surface area contributed by atoms with Crippen molar-refractivity contribution in [2.24, 2.45) is 0 Å². The molecule has 0 spiro atoms. The third kappa shape index (κ3) is 34.1. The summed E-state index contributed by atoms with van der Waals surface area (Å²) in [4.78, 5) is 0. The number of halogens is 2. The molecule has 0 aliphatic carbocycles. The van der Waals surface area contributed by atoms with Crippen LogP contribution in [0, 0.1) is 0 Å². The molecule has 0 rings (SSSR count). The molecule has 5 heavy (non-hydrogen) atoms. The maximum Gasteiger partial charge on any atom is 0.0209 e. The summed E-state index contributed by atoms with van der Waals surface area (Å²) in [6.07, 6.45) is 0. The van der Waals surface area contributed by atoms with Crippen LogP contribution in [0.1, 0.15) is 0 Å². The van der Waals surface area contributed by atoms with Gasteiger partial charge in [-0.15, -0.1) is 0 Å². The van der Waals surface area contributed by atoms with Crippen LogP contribution in [0.2, 0.25) is 0 Å². The summed E-state index contributed by atoms with van der Waals surface area (Å²) in [5.41, 5.74) is 0. The summed E-state index contributed by atoms with van der Waals surface area (Å²) in [6.45, 7) is 0. The fraction of sp³-hybridized carbons (Fsp3) is 0. The van der Waals surface area contributed by atoms with Crippen molar-refractivity contribution in [1.29, 1.82) is 0 Å². The second kappa shape index (κ2) is 18.5. The van der Waals surface area contributed by atoms with Crippen LogP contribution in [0.25, 0.3) is 0 Å². The van der Waals surface area contributed by atoms with E-state index in [9.17, 15) is 0 Å². The zero-order chi connectivity index (χ0) is 2.71. The first-order valence-electron chi connectivity index (χ1n) is 0.309. The van der Waals surface area contributed by atoms with E-state index in [1.54, 1.807) is 0 Å². The Morgan fingerprint density at radius 3 is 1.20 bits per heavy atom. The number of hydrogen-bond donors (Lipinski definition) is 0. The Morgan fingerprint density at radius 1 is 1.20 bits per heavy atom. The van der Waals surface area contributed by atoms with Crippen molar-refractivity contribution >= 4 is 0 Å². The Kier molecular flexibility index (Phi) is 60.2. The summed E-state index contributed by atoms with van der Waals surface area (Å²) >= 11 is 0. The topological polar surface area (TPSA) is 9.23 Å². The molecule has 0 aliphatic rings. The van der Waals surface area contributed by atoms with Crippen molar-refractivity contribution in [2.75, 3.05) is 0 Å². The summed E-state index contributed by atoms with van der Waals surface area (Å²) in [5, 5.41) is 1.25. The van der Waals surface area contributed by atoms with Gasteiger partial charge < -0.3 is 0 Å². The van der Waals surface area contributed by atoms with Crippen LogP contribution in [0.3, 0.4) is 0 Å². The van der Waals surface area contributed by atoms with Crippen molar-refractivity contribution in [3.8, 4) is 0 Å². The van der Waals surface area contributed by atoms with E-state index in [-0.39, 0.29) is 44.8 Å². The summed E-state index contributed by atoms with van der Waals surface area (Å²) in [5.74, 6) is 0. The first-order valence-corrected chi connectivity index (χ1v) is 0.309. The predicted octanol–water partition coefficient (Wildman–Crippen LogP) is 0.767. The van der Waals surface area contributed by atoms with Gasteiger partial charge in [0.2, 0.25) is 0 Å². The van der Waals surface area contributed by atoms with Crippen LogP contribution in [0.15, 0.2) is 0 Å². The first kappa shape index (κ1) is 16.2. The molecule has 36 valence electrons. The van der Waals surface area contributed by atoms with Crippen molar-refractivity contribution in [1.82, 2.24) is 0 Å². The quantitative estimate of drug-likeness (QED) is 0.581. The predicted molar refractivity (Wildman–Crippen MR) is 3.30 cm³/mol. The van der Waals surface area contributed by atoms with Crippen LogP contribution in [0.4, 0.5) is 9.05 Å². The maximum atomic E-state index is 9.12. The third-order valence-electron chi connectivity index (χ3n) is 0. The molecule has 0 saturated carbocycles. The normalized spacial score (nSPS) is 3.60. The smallest absolute Gasteiger partial charge is 0.0104 e. The fourth-order valence-electron chi connectivity index (χ4n) is 0. The summed E-state index contributed by atoms with van der Waals surface area (Å²) in [6, 6.07) is 0. The molecular weight excluding hydrogens is 255 g/mol. The van der Waals surface area contributed by atoms with Gasteiger partial charge in [0.1, 0.15) is 0 Å². The Hall–Kier alpha value is 1.30. The van der Waals surface area contributed by atoms with Gasteiger partial charge in [-0.3, -0.25) is 0 Å². The largest absolute Gasteiger partial charge is 0.0209 e. The minimum atomic E-state index is 0. The molecule has 0 heterocycles. The average molecular weight is 255 g/mol. The zero-order valence-electron chi connectivity index (χ0n) is 1.91. The van der Waals surface area contributed by atoms with E-state index in [1.165, 1.54) is 5.15 Å². The summed E-state index contributed by atoms with van der Waals surface area (Å²) in [7, 11) is 0. The van der Waals surface area contributed by atoms with Crippen LogP contribution >= 0.6 is 0 Å². The molecule has 0 N–H and O–H groups in total. The van der Waals surface area contributed by atoms with Crippen molar-refractivity contribution in [3.63, 3.8) is 0 Å². The van der Waals surface area contributed by atoms with Crippen LogP contribution in [0.5, 0.6) is 0 Å². The van der Waals surface area contributed by atoms with Gasteiger partial charge in [0.05, 0.1) is 0 Å². The van der Waals surface area contributed by atoms with Gasteiger partial charge in [-0.2, -0.15) is 0 Å². The molecule has 0 saturated heterocycles. The van der Waals surface area contributed by atoms with E-state index in [0.29, 0.717) is 0 Å². The van der Waals surface area contributed by atoms with E-state index in [4.69, 9.17) is 9.05 Å². The molecule has 2 radical (unpaired) electrons. The van der Waals surface area contributed by atoms with Gasteiger partial charge in [0.25, 0.3) is 0 Å². The molecular formula is AgF2NbO. The Labute approximate surface area is 58.9 Å². The minimum Gasteiger partial charge on any atom is -0.0104 e. The third-order valence-corrected chi connectivity index (χ3v) is 0. The zero-order valence-corrected chi connectivity index (χ0v) is 5.59. The Morgan fingerprint density at radius 2 is 1.20 bits per heavy atom. The molecule has 0 aromatic rings. The Balaban J connectivity index is -0.0000000200. The van der Waals surface area contributed by atoms with Crippen LogP contribution in [-0.4, -0.2) is 0 Å².